The zero-order valence-corrected chi connectivity index (χ0v) is 7.99. The van der Waals surface area contributed by atoms with Crippen LogP contribution in [0.2, 0.25) is 0 Å². The molecule has 0 radical (unpaired) electrons. The van der Waals surface area contributed by atoms with Crippen molar-refractivity contribution in [1.82, 2.24) is 0 Å². The summed E-state index contributed by atoms with van der Waals surface area (Å²) in [5.74, 6) is 0. The molecule has 0 spiro atoms. The van der Waals surface area contributed by atoms with Crippen LogP contribution in [0.15, 0.2) is 0 Å². The third-order valence-electron chi connectivity index (χ3n) is 2.22. The van der Waals surface area contributed by atoms with Crippen molar-refractivity contribution in [1.29, 1.82) is 0 Å². The molecule has 1 rings (SSSR count). The number of nitrogens with two attached hydrogens (primary N) is 1. The topological polar surface area (TPSA) is 61.5 Å². The molecule has 1 aliphatic carbocycles. The van der Waals surface area contributed by atoms with E-state index in [1.807, 2.05) is 0 Å². The van der Waals surface area contributed by atoms with Crippen LogP contribution in [-0.2, 0) is 9.47 Å². The minimum atomic E-state index is -0.775. The molecule has 4 nitrogen and oxygen atoms in total. The third-order valence-corrected chi connectivity index (χ3v) is 2.22. The van der Waals surface area contributed by atoms with Gasteiger partial charge in [-0.1, -0.05) is 19.3 Å². The maximum absolute atomic E-state index is 10.4. The Morgan fingerprint density at radius 3 is 2.54 bits per heavy atom. The molecule has 0 aliphatic heterocycles. The third kappa shape index (κ3) is 4.12. The highest BCUT2D eigenvalue weighted by Gasteiger charge is 2.17. The first-order chi connectivity index (χ1) is 6.18. The number of amides is 1. The van der Waals surface area contributed by atoms with Crippen LogP contribution in [0.25, 0.3) is 0 Å². The van der Waals surface area contributed by atoms with E-state index in [1.165, 1.54) is 19.3 Å². The molecule has 1 atom stereocenters. The van der Waals surface area contributed by atoms with E-state index in [2.05, 4.69) is 4.74 Å². The van der Waals surface area contributed by atoms with Crippen molar-refractivity contribution < 1.29 is 14.3 Å². The Balaban J connectivity index is 2.18. The van der Waals surface area contributed by atoms with E-state index in [4.69, 9.17) is 10.5 Å². The molecule has 0 aromatic heterocycles. The molecule has 1 unspecified atom stereocenters. The van der Waals surface area contributed by atoms with Gasteiger partial charge in [-0.2, -0.15) is 0 Å². The predicted octanol–water partition coefficient (Wildman–Crippen LogP) is 1.78. The molecule has 76 valence electrons. The van der Waals surface area contributed by atoms with Gasteiger partial charge in [-0.25, -0.2) is 4.79 Å². The van der Waals surface area contributed by atoms with Gasteiger partial charge in [-0.15, -0.1) is 0 Å². The monoisotopic (exact) mass is 187 g/mol. The zero-order chi connectivity index (χ0) is 9.68. The van der Waals surface area contributed by atoms with E-state index in [1.54, 1.807) is 6.92 Å². The van der Waals surface area contributed by atoms with Crippen molar-refractivity contribution in [2.24, 2.45) is 5.73 Å². The fourth-order valence-corrected chi connectivity index (χ4v) is 1.66. The Hall–Kier alpha value is -0.770. The van der Waals surface area contributed by atoms with E-state index < -0.39 is 12.4 Å². The van der Waals surface area contributed by atoms with Crippen LogP contribution >= 0.6 is 0 Å². The fourth-order valence-electron chi connectivity index (χ4n) is 1.66. The van der Waals surface area contributed by atoms with Gasteiger partial charge in [0.15, 0.2) is 0 Å². The number of carbonyl (C=O) groups is 1. The Labute approximate surface area is 78.4 Å². The highest BCUT2D eigenvalue weighted by Crippen LogP contribution is 2.21. The fraction of sp³-hybridized carbons (Fsp3) is 0.889. The summed E-state index contributed by atoms with van der Waals surface area (Å²) in [5.41, 5.74) is 4.86. The molecule has 1 aliphatic rings. The number of rotatable bonds is 3. The zero-order valence-electron chi connectivity index (χ0n) is 7.99. The van der Waals surface area contributed by atoms with Crippen LogP contribution in [0.3, 0.4) is 0 Å². The summed E-state index contributed by atoms with van der Waals surface area (Å²) in [4.78, 5) is 10.4. The Kier molecular flexibility index (Phi) is 4.02. The highest BCUT2D eigenvalue weighted by atomic mass is 16.7. The van der Waals surface area contributed by atoms with Crippen molar-refractivity contribution in [3.63, 3.8) is 0 Å². The first kappa shape index (κ1) is 10.3. The quantitative estimate of drug-likeness (QED) is 0.685. The van der Waals surface area contributed by atoms with Crippen LogP contribution < -0.4 is 5.73 Å². The minimum absolute atomic E-state index is 0.239. The van der Waals surface area contributed by atoms with Crippen molar-refractivity contribution >= 4 is 6.09 Å². The van der Waals surface area contributed by atoms with Gasteiger partial charge in [0, 0.05) is 0 Å². The molecule has 0 aromatic carbocycles. The van der Waals surface area contributed by atoms with Gasteiger partial charge in [-0.3, -0.25) is 0 Å². The molecular formula is C9H17NO3. The standard InChI is InChI=1S/C9H17NO3/c1-7(13-9(10)11)12-8-5-3-2-4-6-8/h7-8H,2-6H2,1H3,(H2,10,11). The lowest BCUT2D eigenvalue weighted by atomic mass is 9.98. The molecule has 0 aromatic rings. The van der Waals surface area contributed by atoms with E-state index in [0.717, 1.165) is 12.8 Å². The number of hydrogen-bond donors (Lipinski definition) is 1. The number of ether oxygens (including phenoxy) is 2. The van der Waals surface area contributed by atoms with Crippen molar-refractivity contribution in [3.05, 3.63) is 0 Å². The molecule has 0 saturated heterocycles. The van der Waals surface area contributed by atoms with E-state index >= 15 is 0 Å². The van der Waals surface area contributed by atoms with Crippen LogP contribution in [0.1, 0.15) is 39.0 Å². The molecule has 1 fully saturated rings. The summed E-state index contributed by atoms with van der Waals surface area (Å²) >= 11 is 0. The Morgan fingerprint density at radius 2 is 2.00 bits per heavy atom. The SMILES string of the molecule is CC(OC(N)=O)OC1CCCCC1. The van der Waals surface area contributed by atoms with Crippen LogP contribution in [0.4, 0.5) is 4.79 Å². The normalized spacial score (nSPS) is 21.0. The van der Waals surface area contributed by atoms with Crippen molar-refractivity contribution in [2.75, 3.05) is 0 Å². The summed E-state index contributed by atoms with van der Waals surface area (Å²) in [6, 6.07) is 0. The second kappa shape index (κ2) is 5.07. The van der Waals surface area contributed by atoms with E-state index in [9.17, 15) is 4.79 Å². The minimum Gasteiger partial charge on any atom is -0.420 e. The van der Waals surface area contributed by atoms with E-state index in [0.29, 0.717) is 0 Å². The molecule has 4 heteroatoms. The second-order valence-electron chi connectivity index (χ2n) is 3.40. The summed E-state index contributed by atoms with van der Waals surface area (Å²) in [6.07, 6.45) is 4.76. The van der Waals surface area contributed by atoms with Gasteiger partial charge in [0.25, 0.3) is 0 Å². The van der Waals surface area contributed by atoms with Crippen molar-refractivity contribution in [2.45, 2.75) is 51.4 Å². The maximum atomic E-state index is 10.4. The molecule has 0 bridgehead atoms. The first-order valence-electron chi connectivity index (χ1n) is 4.80. The molecule has 13 heavy (non-hydrogen) atoms. The molecule has 1 amide bonds. The molecule has 1 saturated carbocycles. The number of hydrogen-bond acceptors (Lipinski definition) is 3. The summed E-state index contributed by atoms with van der Waals surface area (Å²) in [6.45, 7) is 1.69. The van der Waals surface area contributed by atoms with Crippen LogP contribution in [0, 0.1) is 0 Å². The largest absolute Gasteiger partial charge is 0.420 e. The van der Waals surface area contributed by atoms with Gasteiger partial charge in [-0.05, 0) is 19.8 Å². The Morgan fingerprint density at radius 1 is 1.38 bits per heavy atom. The average Bonchev–Trinajstić information content (AvgIpc) is 2.04. The second-order valence-corrected chi connectivity index (χ2v) is 3.40. The lowest BCUT2D eigenvalue weighted by Crippen LogP contribution is -2.28. The van der Waals surface area contributed by atoms with Gasteiger partial charge in [0.05, 0.1) is 6.10 Å². The van der Waals surface area contributed by atoms with E-state index in [-0.39, 0.29) is 6.10 Å². The van der Waals surface area contributed by atoms with Gasteiger partial charge >= 0.3 is 6.09 Å². The first-order valence-corrected chi connectivity index (χ1v) is 4.80. The summed E-state index contributed by atoms with van der Waals surface area (Å²) in [7, 11) is 0. The van der Waals surface area contributed by atoms with Crippen LogP contribution in [0.5, 0.6) is 0 Å². The predicted molar refractivity (Wildman–Crippen MR) is 48.1 cm³/mol. The lowest BCUT2D eigenvalue weighted by Gasteiger charge is -2.24. The summed E-state index contributed by atoms with van der Waals surface area (Å²) in [5, 5.41) is 0. The smallest absolute Gasteiger partial charge is 0.406 e. The van der Waals surface area contributed by atoms with Crippen molar-refractivity contribution in [3.8, 4) is 0 Å². The maximum Gasteiger partial charge on any atom is 0.406 e. The molecular weight excluding hydrogens is 170 g/mol. The summed E-state index contributed by atoms with van der Waals surface area (Å²) < 4.78 is 10.1. The van der Waals surface area contributed by atoms with Gasteiger partial charge < -0.3 is 15.2 Å². The number of carbonyl (C=O) groups excluding carboxylic acids is 1. The Bertz CT molecular complexity index is 166. The van der Waals surface area contributed by atoms with Crippen LogP contribution in [-0.4, -0.2) is 18.5 Å². The molecule has 2 N–H and O–H groups in total. The highest BCUT2D eigenvalue weighted by molar-refractivity contribution is 5.64. The van der Waals surface area contributed by atoms with Gasteiger partial charge in [0.1, 0.15) is 0 Å². The average molecular weight is 187 g/mol. The lowest BCUT2D eigenvalue weighted by molar-refractivity contribution is -0.132. The van der Waals surface area contributed by atoms with Gasteiger partial charge in [0.2, 0.25) is 6.29 Å². The number of primary amides is 1. The molecule has 0 heterocycles.